The lowest BCUT2D eigenvalue weighted by molar-refractivity contribution is -0.134. The van der Waals surface area contributed by atoms with Crippen molar-refractivity contribution in [2.45, 2.75) is 85.2 Å². The van der Waals surface area contributed by atoms with E-state index in [1.54, 1.807) is 4.57 Å². The molecule has 1 amide bonds. The molecule has 5 nitrogen and oxygen atoms in total. The lowest BCUT2D eigenvalue weighted by Gasteiger charge is -2.32. The molecule has 1 unspecified atom stereocenters. The number of para-hydroxylation sites is 1. The minimum absolute atomic E-state index is 0.00245. The molecule has 0 aliphatic heterocycles. The first-order chi connectivity index (χ1) is 13.6. The number of rotatable bonds is 11. The van der Waals surface area contributed by atoms with Crippen LogP contribution in [0.4, 0.5) is 0 Å². The van der Waals surface area contributed by atoms with Crippen molar-refractivity contribution in [2.24, 2.45) is 0 Å². The van der Waals surface area contributed by atoms with Crippen molar-refractivity contribution in [3.8, 4) is 0 Å². The van der Waals surface area contributed by atoms with Crippen molar-refractivity contribution >= 4 is 16.8 Å². The lowest BCUT2D eigenvalue weighted by Crippen LogP contribution is -2.39. The Hall–Kier alpha value is -2.17. The summed E-state index contributed by atoms with van der Waals surface area (Å²) in [5.41, 5.74) is 0.710. The summed E-state index contributed by atoms with van der Waals surface area (Å²) < 4.78 is 1.79. The van der Waals surface area contributed by atoms with Crippen LogP contribution in [0.5, 0.6) is 0 Å². The highest BCUT2D eigenvalue weighted by molar-refractivity contribution is 5.78. The number of aromatic nitrogens is 2. The summed E-state index contributed by atoms with van der Waals surface area (Å²) in [6, 6.07) is 7.34. The third-order valence-corrected chi connectivity index (χ3v) is 5.22. The summed E-state index contributed by atoms with van der Waals surface area (Å²) in [7, 11) is 0. The van der Waals surface area contributed by atoms with E-state index in [9.17, 15) is 9.59 Å². The Balaban J connectivity index is 2.57. The molecular weight excluding hydrogens is 350 g/mol. The lowest BCUT2D eigenvalue weighted by atomic mass is 10.1. The number of unbranched alkanes of at least 4 members (excludes halogenated alkanes) is 2. The van der Waals surface area contributed by atoms with Crippen molar-refractivity contribution in [2.75, 3.05) is 6.54 Å². The van der Waals surface area contributed by atoms with E-state index in [2.05, 4.69) is 27.7 Å². The zero-order chi connectivity index (χ0) is 20.5. The zero-order valence-corrected chi connectivity index (χ0v) is 17.9. The van der Waals surface area contributed by atoms with Crippen molar-refractivity contribution in [3.05, 3.63) is 40.4 Å². The number of nitrogens with zero attached hydrogens (tertiary/aromatic N) is 3. The summed E-state index contributed by atoms with van der Waals surface area (Å²) in [5.74, 6) is 0.904. The molecule has 0 bridgehead atoms. The number of carbonyl (C=O) groups is 1. The van der Waals surface area contributed by atoms with Gasteiger partial charge in [-0.2, -0.15) is 0 Å². The van der Waals surface area contributed by atoms with Gasteiger partial charge < -0.3 is 4.90 Å². The number of amides is 1. The highest BCUT2D eigenvalue weighted by Gasteiger charge is 2.27. The van der Waals surface area contributed by atoms with Crippen LogP contribution in [0.2, 0.25) is 0 Å². The highest BCUT2D eigenvalue weighted by Crippen LogP contribution is 2.25. The average molecular weight is 386 g/mol. The van der Waals surface area contributed by atoms with Gasteiger partial charge in [0, 0.05) is 19.5 Å². The second-order valence-corrected chi connectivity index (χ2v) is 7.41. The van der Waals surface area contributed by atoms with Crippen LogP contribution in [0.3, 0.4) is 0 Å². The molecule has 2 rings (SSSR count). The maximum absolute atomic E-state index is 13.2. The number of hydrogen-bond donors (Lipinski definition) is 0. The normalized spacial score (nSPS) is 12.3. The van der Waals surface area contributed by atoms with Crippen LogP contribution >= 0.6 is 0 Å². The Kier molecular flexibility index (Phi) is 8.68. The molecule has 0 saturated carbocycles. The van der Waals surface area contributed by atoms with Crippen molar-refractivity contribution in [3.63, 3.8) is 0 Å². The third kappa shape index (κ3) is 5.00. The summed E-state index contributed by atoms with van der Waals surface area (Å²) in [5, 5.41) is 0.645. The first-order valence-electron chi connectivity index (χ1n) is 10.9. The Morgan fingerprint density at radius 3 is 2.43 bits per heavy atom. The molecule has 0 aliphatic carbocycles. The van der Waals surface area contributed by atoms with Crippen LogP contribution in [0.15, 0.2) is 29.1 Å². The van der Waals surface area contributed by atoms with E-state index in [1.807, 2.05) is 29.2 Å². The zero-order valence-electron chi connectivity index (χ0n) is 17.9. The van der Waals surface area contributed by atoms with Crippen molar-refractivity contribution in [1.82, 2.24) is 14.5 Å². The van der Waals surface area contributed by atoms with Gasteiger partial charge in [-0.25, -0.2) is 4.98 Å². The van der Waals surface area contributed by atoms with Gasteiger partial charge >= 0.3 is 0 Å². The van der Waals surface area contributed by atoms with Crippen LogP contribution < -0.4 is 5.56 Å². The fourth-order valence-corrected chi connectivity index (χ4v) is 3.68. The quantitative estimate of drug-likeness (QED) is 0.542. The van der Waals surface area contributed by atoms with Gasteiger partial charge in [0.1, 0.15) is 5.82 Å². The van der Waals surface area contributed by atoms with Crippen LogP contribution in [-0.2, 0) is 11.3 Å². The van der Waals surface area contributed by atoms with Gasteiger partial charge in [-0.15, -0.1) is 0 Å². The molecule has 28 heavy (non-hydrogen) atoms. The van der Waals surface area contributed by atoms with Gasteiger partial charge in [-0.3, -0.25) is 14.2 Å². The van der Waals surface area contributed by atoms with Gasteiger partial charge in [0.2, 0.25) is 5.91 Å². The van der Waals surface area contributed by atoms with Crippen LogP contribution in [0.25, 0.3) is 10.9 Å². The molecule has 0 radical (unpaired) electrons. The van der Waals surface area contributed by atoms with E-state index in [-0.39, 0.29) is 17.5 Å². The van der Waals surface area contributed by atoms with E-state index in [0.717, 1.165) is 44.3 Å². The number of fused-ring (bicyclic) bond motifs is 1. The summed E-state index contributed by atoms with van der Waals surface area (Å²) in [6.07, 6.45) is 6.03. The largest absolute Gasteiger partial charge is 0.333 e. The molecule has 0 spiro atoms. The van der Waals surface area contributed by atoms with Gasteiger partial charge in [-0.05, 0) is 37.8 Å². The smallest absolute Gasteiger partial charge is 0.261 e. The standard InChI is InChI=1S/C23H35N3O2/c1-5-9-15-21(27)25(17-10-6-2)20(8-4)22-24-19-14-12-11-13-18(19)23(28)26(22)16-7-3/h11-14,20H,5-10,15-17H2,1-4H3. The molecule has 5 heteroatoms. The Morgan fingerprint density at radius 1 is 1.07 bits per heavy atom. The van der Waals surface area contributed by atoms with E-state index >= 15 is 0 Å². The number of carbonyl (C=O) groups excluding carboxylic acids is 1. The number of benzene rings is 1. The van der Waals surface area contributed by atoms with Crippen molar-refractivity contribution < 1.29 is 4.79 Å². The second kappa shape index (κ2) is 11.0. The first kappa shape index (κ1) is 22.1. The molecule has 1 heterocycles. The van der Waals surface area contributed by atoms with E-state index < -0.39 is 0 Å². The molecule has 0 N–H and O–H groups in total. The SMILES string of the molecule is CCCCC(=O)N(CCCC)C(CC)c1nc2ccccc2c(=O)n1CCC. The molecule has 1 atom stereocenters. The third-order valence-electron chi connectivity index (χ3n) is 5.22. The molecular formula is C23H35N3O2. The van der Waals surface area contributed by atoms with E-state index in [0.29, 0.717) is 30.4 Å². The predicted octanol–water partition coefficient (Wildman–Crippen LogP) is 5.08. The first-order valence-corrected chi connectivity index (χ1v) is 10.9. The summed E-state index contributed by atoms with van der Waals surface area (Å²) in [4.78, 5) is 33.0. The maximum Gasteiger partial charge on any atom is 0.261 e. The molecule has 154 valence electrons. The van der Waals surface area contributed by atoms with Gasteiger partial charge in [0.25, 0.3) is 5.56 Å². The molecule has 0 aliphatic rings. The molecule has 0 saturated heterocycles. The molecule has 1 aromatic carbocycles. The average Bonchev–Trinajstić information content (AvgIpc) is 2.71. The van der Waals surface area contributed by atoms with E-state index in [1.165, 1.54) is 0 Å². The Morgan fingerprint density at radius 2 is 1.79 bits per heavy atom. The molecule has 0 fully saturated rings. The second-order valence-electron chi connectivity index (χ2n) is 7.41. The fraction of sp³-hybridized carbons (Fsp3) is 0.609. The summed E-state index contributed by atoms with van der Waals surface area (Å²) >= 11 is 0. The van der Waals surface area contributed by atoms with Crippen molar-refractivity contribution in [1.29, 1.82) is 0 Å². The molecule has 1 aromatic heterocycles. The van der Waals surface area contributed by atoms with Crippen LogP contribution in [0, 0.1) is 0 Å². The van der Waals surface area contributed by atoms with Gasteiger partial charge in [0.05, 0.1) is 16.9 Å². The predicted molar refractivity (Wildman–Crippen MR) is 115 cm³/mol. The number of hydrogen-bond acceptors (Lipinski definition) is 3. The van der Waals surface area contributed by atoms with Crippen LogP contribution in [-0.4, -0.2) is 26.9 Å². The minimum Gasteiger partial charge on any atom is -0.333 e. The van der Waals surface area contributed by atoms with E-state index in [4.69, 9.17) is 4.98 Å². The maximum atomic E-state index is 13.2. The minimum atomic E-state index is -0.167. The Bertz CT molecular complexity index is 828. The highest BCUT2D eigenvalue weighted by atomic mass is 16.2. The monoisotopic (exact) mass is 385 g/mol. The molecule has 2 aromatic rings. The van der Waals surface area contributed by atoms with Crippen LogP contribution in [0.1, 0.15) is 84.5 Å². The van der Waals surface area contributed by atoms with Gasteiger partial charge in [0.15, 0.2) is 0 Å². The fourth-order valence-electron chi connectivity index (χ4n) is 3.68. The van der Waals surface area contributed by atoms with Gasteiger partial charge in [-0.1, -0.05) is 52.7 Å². The summed E-state index contributed by atoms with van der Waals surface area (Å²) in [6.45, 7) is 9.71. The topological polar surface area (TPSA) is 55.2 Å². The Labute approximate surface area is 168 Å².